The Kier molecular flexibility index (Phi) is 5.56. The first kappa shape index (κ1) is 15.0. The van der Waals surface area contributed by atoms with Gasteiger partial charge in [-0.3, -0.25) is 0 Å². The number of thiophene rings is 1. The number of benzene rings is 1. The molecule has 0 saturated carbocycles. The van der Waals surface area contributed by atoms with Gasteiger partial charge in [0.05, 0.1) is 7.11 Å². The van der Waals surface area contributed by atoms with Crippen LogP contribution >= 0.6 is 11.3 Å². The second-order valence-corrected chi connectivity index (χ2v) is 5.94. The topological polar surface area (TPSA) is 35.2 Å². The standard InChI is InChI=1S/C16H20FNOS/c1-19-16-8-7-12(11-15(16)17)10-13(18)4-2-5-14-6-3-9-20-14/h3,6-9,11,13H,2,4-5,10,18H2,1H3. The Hall–Kier alpha value is -1.39. The number of halogens is 1. The van der Waals surface area contributed by atoms with Gasteiger partial charge in [-0.15, -0.1) is 11.3 Å². The highest BCUT2D eigenvalue weighted by molar-refractivity contribution is 7.09. The van der Waals surface area contributed by atoms with Gasteiger partial charge in [0.1, 0.15) is 0 Å². The second kappa shape index (κ2) is 7.41. The van der Waals surface area contributed by atoms with E-state index in [0.29, 0.717) is 6.42 Å². The molecule has 0 radical (unpaired) electrons. The van der Waals surface area contributed by atoms with Crippen LogP contribution < -0.4 is 10.5 Å². The molecular formula is C16H20FNOS. The normalized spacial score (nSPS) is 12.3. The van der Waals surface area contributed by atoms with Crippen molar-refractivity contribution >= 4 is 11.3 Å². The zero-order valence-electron chi connectivity index (χ0n) is 11.6. The van der Waals surface area contributed by atoms with Gasteiger partial charge in [0.25, 0.3) is 0 Å². The van der Waals surface area contributed by atoms with Gasteiger partial charge in [0.2, 0.25) is 0 Å². The Morgan fingerprint density at radius 2 is 2.20 bits per heavy atom. The van der Waals surface area contributed by atoms with Crippen molar-refractivity contribution in [3.63, 3.8) is 0 Å². The summed E-state index contributed by atoms with van der Waals surface area (Å²) in [5.41, 5.74) is 7.04. The van der Waals surface area contributed by atoms with Crippen LogP contribution in [0.4, 0.5) is 4.39 Å². The number of rotatable bonds is 7. The highest BCUT2D eigenvalue weighted by Crippen LogP contribution is 2.19. The average molecular weight is 293 g/mol. The maximum absolute atomic E-state index is 13.6. The van der Waals surface area contributed by atoms with Crippen LogP contribution in [0, 0.1) is 5.82 Å². The quantitative estimate of drug-likeness (QED) is 0.843. The molecule has 0 aliphatic carbocycles. The van der Waals surface area contributed by atoms with Crippen molar-refractivity contribution < 1.29 is 9.13 Å². The molecule has 1 atom stereocenters. The molecule has 0 aliphatic rings. The maximum Gasteiger partial charge on any atom is 0.165 e. The second-order valence-electron chi connectivity index (χ2n) is 4.90. The van der Waals surface area contributed by atoms with Crippen LogP contribution in [-0.4, -0.2) is 13.2 Å². The summed E-state index contributed by atoms with van der Waals surface area (Å²) in [5.74, 6) is -0.0456. The van der Waals surface area contributed by atoms with E-state index in [4.69, 9.17) is 10.5 Å². The van der Waals surface area contributed by atoms with Gasteiger partial charge in [-0.25, -0.2) is 4.39 Å². The van der Waals surface area contributed by atoms with E-state index >= 15 is 0 Å². The molecule has 1 heterocycles. The molecule has 2 rings (SSSR count). The molecule has 0 spiro atoms. The minimum atomic E-state index is -0.323. The molecule has 2 aromatic rings. The summed E-state index contributed by atoms with van der Waals surface area (Å²) in [6, 6.07) is 9.33. The van der Waals surface area contributed by atoms with Crippen LogP contribution in [0.1, 0.15) is 23.3 Å². The first-order valence-corrected chi connectivity index (χ1v) is 7.67. The van der Waals surface area contributed by atoms with E-state index in [1.54, 1.807) is 17.4 Å². The lowest BCUT2D eigenvalue weighted by atomic mass is 10.0. The lowest BCUT2D eigenvalue weighted by Gasteiger charge is -2.12. The molecular weight excluding hydrogens is 273 g/mol. The Morgan fingerprint density at radius 1 is 1.35 bits per heavy atom. The monoisotopic (exact) mass is 293 g/mol. The number of methoxy groups -OCH3 is 1. The first-order chi connectivity index (χ1) is 9.69. The van der Waals surface area contributed by atoms with Gasteiger partial charge in [-0.1, -0.05) is 12.1 Å². The predicted molar refractivity (Wildman–Crippen MR) is 81.9 cm³/mol. The molecule has 1 aromatic carbocycles. The van der Waals surface area contributed by atoms with Gasteiger partial charge in [-0.2, -0.15) is 0 Å². The summed E-state index contributed by atoms with van der Waals surface area (Å²) >= 11 is 1.78. The summed E-state index contributed by atoms with van der Waals surface area (Å²) in [4.78, 5) is 1.40. The third-order valence-electron chi connectivity index (χ3n) is 3.29. The Bertz CT molecular complexity index is 527. The third kappa shape index (κ3) is 4.32. The molecule has 108 valence electrons. The zero-order chi connectivity index (χ0) is 14.4. The zero-order valence-corrected chi connectivity index (χ0v) is 12.5. The van der Waals surface area contributed by atoms with Crippen molar-refractivity contribution in [2.45, 2.75) is 31.7 Å². The fraction of sp³-hybridized carbons (Fsp3) is 0.375. The van der Waals surface area contributed by atoms with Gasteiger partial charge in [-0.05, 0) is 54.8 Å². The van der Waals surface area contributed by atoms with Gasteiger partial charge >= 0.3 is 0 Å². The van der Waals surface area contributed by atoms with Crippen molar-refractivity contribution in [3.05, 3.63) is 52.0 Å². The smallest absolute Gasteiger partial charge is 0.165 e. The van der Waals surface area contributed by atoms with E-state index in [2.05, 4.69) is 17.5 Å². The SMILES string of the molecule is COc1ccc(CC(N)CCCc2cccs2)cc1F. The van der Waals surface area contributed by atoms with E-state index in [-0.39, 0.29) is 17.6 Å². The minimum absolute atomic E-state index is 0.0720. The molecule has 2 N–H and O–H groups in total. The Labute approximate surface area is 123 Å². The van der Waals surface area contributed by atoms with Gasteiger partial charge < -0.3 is 10.5 Å². The van der Waals surface area contributed by atoms with E-state index in [1.165, 1.54) is 18.1 Å². The van der Waals surface area contributed by atoms with Crippen LogP contribution in [0.15, 0.2) is 35.7 Å². The number of nitrogens with two attached hydrogens (primary N) is 1. The predicted octanol–water partition coefficient (Wildman–Crippen LogP) is 3.79. The van der Waals surface area contributed by atoms with E-state index < -0.39 is 0 Å². The van der Waals surface area contributed by atoms with Gasteiger partial charge in [0, 0.05) is 10.9 Å². The lowest BCUT2D eigenvalue weighted by Crippen LogP contribution is -2.22. The number of ether oxygens (including phenoxy) is 1. The molecule has 0 fully saturated rings. The van der Waals surface area contributed by atoms with E-state index in [0.717, 1.165) is 24.8 Å². The first-order valence-electron chi connectivity index (χ1n) is 6.79. The summed E-state index contributed by atoms with van der Waals surface area (Å²) in [5, 5.41) is 2.09. The summed E-state index contributed by atoms with van der Waals surface area (Å²) in [6.07, 6.45) is 3.79. The van der Waals surface area contributed by atoms with Crippen LogP contribution in [0.3, 0.4) is 0 Å². The summed E-state index contributed by atoms with van der Waals surface area (Å²) in [7, 11) is 1.47. The van der Waals surface area contributed by atoms with Crippen molar-refractivity contribution in [3.8, 4) is 5.75 Å². The van der Waals surface area contributed by atoms with Crippen molar-refractivity contribution in [1.29, 1.82) is 0 Å². The molecule has 1 aromatic heterocycles. The number of hydrogen-bond donors (Lipinski definition) is 1. The van der Waals surface area contributed by atoms with Crippen LogP contribution in [0.5, 0.6) is 5.75 Å². The van der Waals surface area contributed by atoms with Crippen LogP contribution in [-0.2, 0) is 12.8 Å². The Morgan fingerprint density at radius 3 is 2.85 bits per heavy atom. The highest BCUT2D eigenvalue weighted by atomic mass is 32.1. The van der Waals surface area contributed by atoms with Crippen LogP contribution in [0.2, 0.25) is 0 Å². The molecule has 0 aliphatic heterocycles. The fourth-order valence-corrected chi connectivity index (χ4v) is 2.99. The lowest BCUT2D eigenvalue weighted by molar-refractivity contribution is 0.386. The molecule has 0 saturated heterocycles. The van der Waals surface area contributed by atoms with Gasteiger partial charge in [0.15, 0.2) is 11.6 Å². The van der Waals surface area contributed by atoms with E-state index in [1.807, 2.05) is 6.07 Å². The van der Waals surface area contributed by atoms with Crippen molar-refractivity contribution in [2.75, 3.05) is 7.11 Å². The average Bonchev–Trinajstić information content (AvgIpc) is 2.92. The molecule has 4 heteroatoms. The van der Waals surface area contributed by atoms with Crippen molar-refractivity contribution in [1.82, 2.24) is 0 Å². The van der Waals surface area contributed by atoms with Crippen molar-refractivity contribution in [2.24, 2.45) is 5.73 Å². The highest BCUT2D eigenvalue weighted by Gasteiger charge is 2.08. The molecule has 20 heavy (non-hydrogen) atoms. The third-order valence-corrected chi connectivity index (χ3v) is 4.23. The molecule has 0 bridgehead atoms. The fourth-order valence-electron chi connectivity index (χ4n) is 2.23. The van der Waals surface area contributed by atoms with Crippen LogP contribution in [0.25, 0.3) is 0 Å². The number of hydrogen-bond acceptors (Lipinski definition) is 3. The summed E-state index contributed by atoms with van der Waals surface area (Å²) < 4.78 is 18.5. The summed E-state index contributed by atoms with van der Waals surface area (Å²) in [6.45, 7) is 0. The number of aryl methyl sites for hydroxylation is 1. The van der Waals surface area contributed by atoms with E-state index in [9.17, 15) is 4.39 Å². The minimum Gasteiger partial charge on any atom is -0.494 e. The Balaban J connectivity index is 1.79. The molecule has 1 unspecified atom stereocenters. The largest absolute Gasteiger partial charge is 0.494 e. The molecule has 2 nitrogen and oxygen atoms in total. The maximum atomic E-state index is 13.6. The molecule has 0 amide bonds.